The quantitative estimate of drug-likeness (QED) is 0.803. The monoisotopic (exact) mass is 248 g/mol. The van der Waals surface area contributed by atoms with Gasteiger partial charge in [-0.05, 0) is 19.3 Å². The molecule has 1 heterocycles. The molecule has 1 aromatic heterocycles. The average molecular weight is 248 g/mol. The maximum absolute atomic E-state index is 5.95. The maximum Gasteiger partial charge on any atom is 0.134 e. The normalized spacial score (nSPS) is 17.4. The van der Waals surface area contributed by atoms with Gasteiger partial charge in [0.1, 0.15) is 18.0 Å². The minimum Gasteiger partial charge on any atom is -0.383 e. The van der Waals surface area contributed by atoms with Gasteiger partial charge in [-0.25, -0.2) is 9.97 Å². The van der Waals surface area contributed by atoms with E-state index in [1.54, 1.807) is 6.33 Å². The summed E-state index contributed by atoms with van der Waals surface area (Å²) in [5.41, 5.74) is 7.04. The van der Waals surface area contributed by atoms with Gasteiger partial charge in [0, 0.05) is 11.6 Å². The number of hydrogen-bond donors (Lipinski definition) is 2. The van der Waals surface area contributed by atoms with Crippen LogP contribution in [-0.4, -0.2) is 16.0 Å². The van der Waals surface area contributed by atoms with Gasteiger partial charge in [-0.1, -0.05) is 39.0 Å². The summed E-state index contributed by atoms with van der Waals surface area (Å²) in [7, 11) is 0. The molecule has 4 heteroatoms. The molecule has 2 rings (SSSR count). The Morgan fingerprint density at radius 1 is 1.22 bits per heavy atom. The van der Waals surface area contributed by atoms with Crippen molar-refractivity contribution in [3.63, 3.8) is 0 Å². The third kappa shape index (κ3) is 3.34. The lowest BCUT2D eigenvalue weighted by molar-refractivity contribution is 0.616. The van der Waals surface area contributed by atoms with E-state index in [9.17, 15) is 0 Å². The molecule has 3 N–H and O–H groups in total. The van der Waals surface area contributed by atoms with Gasteiger partial charge >= 0.3 is 0 Å². The first kappa shape index (κ1) is 13.1. The zero-order valence-electron chi connectivity index (χ0n) is 11.3. The summed E-state index contributed by atoms with van der Waals surface area (Å²) in [6, 6.07) is 0.553. The third-order valence-corrected chi connectivity index (χ3v) is 3.67. The van der Waals surface area contributed by atoms with Crippen LogP contribution < -0.4 is 11.1 Å². The van der Waals surface area contributed by atoms with Crippen LogP contribution in [0.4, 0.5) is 11.6 Å². The van der Waals surface area contributed by atoms with E-state index in [1.807, 2.05) is 0 Å². The molecule has 0 aromatic carbocycles. The fraction of sp³-hybridized carbons (Fsp3) is 0.714. The van der Waals surface area contributed by atoms with Crippen molar-refractivity contribution < 1.29 is 0 Å². The molecular formula is C14H24N4. The lowest BCUT2D eigenvalue weighted by atomic mass is 10.1. The highest BCUT2D eigenvalue weighted by atomic mass is 15.1. The van der Waals surface area contributed by atoms with Crippen molar-refractivity contribution in [1.29, 1.82) is 0 Å². The maximum atomic E-state index is 5.95. The van der Waals surface area contributed by atoms with Crippen molar-refractivity contribution in [3.8, 4) is 0 Å². The van der Waals surface area contributed by atoms with E-state index < -0.39 is 0 Å². The Labute approximate surface area is 109 Å². The first-order chi connectivity index (χ1) is 8.81. The SMILES string of the molecule is CCCc1c(N)ncnc1NC1CCCCCC1. The van der Waals surface area contributed by atoms with Crippen LogP contribution in [0, 0.1) is 0 Å². The number of nitrogens with one attached hydrogen (secondary N) is 1. The Kier molecular flexibility index (Phi) is 4.79. The molecule has 0 atom stereocenters. The molecule has 0 bridgehead atoms. The average Bonchev–Trinajstić information content (AvgIpc) is 2.62. The number of nitrogens with zero attached hydrogens (tertiary/aromatic N) is 2. The molecular weight excluding hydrogens is 224 g/mol. The predicted octanol–water partition coefficient (Wildman–Crippen LogP) is 3.15. The molecule has 1 aliphatic carbocycles. The Bertz CT molecular complexity index is 370. The fourth-order valence-corrected chi connectivity index (χ4v) is 2.66. The van der Waals surface area contributed by atoms with Crippen molar-refractivity contribution in [2.75, 3.05) is 11.1 Å². The number of anilines is 2. The van der Waals surface area contributed by atoms with Crippen molar-refractivity contribution in [2.24, 2.45) is 0 Å². The van der Waals surface area contributed by atoms with Crippen molar-refractivity contribution >= 4 is 11.6 Å². The Morgan fingerprint density at radius 2 is 1.94 bits per heavy atom. The molecule has 18 heavy (non-hydrogen) atoms. The molecule has 0 spiro atoms. The second-order valence-electron chi connectivity index (χ2n) is 5.17. The Morgan fingerprint density at radius 3 is 2.61 bits per heavy atom. The Balaban J connectivity index is 2.09. The second-order valence-corrected chi connectivity index (χ2v) is 5.17. The van der Waals surface area contributed by atoms with E-state index in [1.165, 1.54) is 38.5 Å². The van der Waals surface area contributed by atoms with E-state index in [-0.39, 0.29) is 0 Å². The molecule has 0 saturated heterocycles. The molecule has 1 saturated carbocycles. The second kappa shape index (κ2) is 6.57. The zero-order valence-corrected chi connectivity index (χ0v) is 11.3. The van der Waals surface area contributed by atoms with E-state index in [0.717, 1.165) is 24.2 Å². The van der Waals surface area contributed by atoms with Gasteiger partial charge in [-0.3, -0.25) is 0 Å². The number of nitrogen functional groups attached to an aromatic ring is 1. The summed E-state index contributed by atoms with van der Waals surface area (Å²) < 4.78 is 0. The number of rotatable bonds is 4. The van der Waals surface area contributed by atoms with Crippen LogP contribution in [0.3, 0.4) is 0 Å². The van der Waals surface area contributed by atoms with Crippen LogP contribution >= 0.6 is 0 Å². The zero-order chi connectivity index (χ0) is 12.8. The van der Waals surface area contributed by atoms with Crippen molar-refractivity contribution in [1.82, 2.24) is 9.97 Å². The molecule has 1 fully saturated rings. The van der Waals surface area contributed by atoms with Crippen molar-refractivity contribution in [3.05, 3.63) is 11.9 Å². The number of aromatic nitrogens is 2. The van der Waals surface area contributed by atoms with Gasteiger partial charge in [0.25, 0.3) is 0 Å². The van der Waals surface area contributed by atoms with Crippen LogP contribution in [0.15, 0.2) is 6.33 Å². The van der Waals surface area contributed by atoms with Crippen LogP contribution in [0.1, 0.15) is 57.4 Å². The van der Waals surface area contributed by atoms with E-state index in [4.69, 9.17) is 5.73 Å². The molecule has 0 amide bonds. The minimum absolute atomic E-state index is 0.553. The highest BCUT2D eigenvalue weighted by Crippen LogP contribution is 2.24. The molecule has 1 aromatic rings. The smallest absolute Gasteiger partial charge is 0.134 e. The lowest BCUT2D eigenvalue weighted by Gasteiger charge is -2.19. The lowest BCUT2D eigenvalue weighted by Crippen LogP contribution is -2.20. The summed E-state index contributed by atoms with van der Waals surface area (Å²) in [5.74, 6) is 1.58. The van der Waals surface area contributed by atoms with Crippen LogP contribution in [0.5, 0.6) is 0 Å². The summed E-state index contributed by atoms with van der Waals surface area (Å²) in [6.07, 6.45) is 11.4. The fourth-order valence-electron chi connectivity index (χ4n) is 2.66. The highest BCUT2D eigenvalue weighted by molar-refractivity contribution is 5.55. The molecule has 0 unspecified atom stereocenters. The third-order valence-electron chi connectivity index (χ3n) is 3.67. The Hall–Kier alpha value is -1.32. The van der Waals surface area contributed by atoms with Gasteiger partial charge in [0.05, 0.1) is 0 Å². The number of nitrogens with two attached hydrogens (primary N) is 1. The molecule has 0 aliphatic heterocycles. The summed E-state index contributed by atoms with van der Waals surface area (Å²) >= 11 is 0. The van der Waals surface area contributed by atoms with Gasteiger partial charge in [0.2, 0.25) is 0 Å². The van der Waals surface area contributed by atoms with E-state index >= 15 is 0 Å². The van der Waals surface area contributed by atoms with Crippen LogP contribution in [0.2, 0.25) is 0 Å². The van der Waals surface area contributed by atoms with Gasteiger partial charge in [-0.15, -0.1) is 0 Å². The van der Waals surface area contributed by atoms with Crippen molar-refractivity contribution in [2.45, 2.75) is 64.3 Å². The standard InChI is InChI=1S/C14H24N4/c1-2-7-12-13(15)16-10-17-14(12)18-11-8-5-3-4-6-9-11/h10-11H,2-9H2,1H3,(H3,15,16,17,18). The summed E-state index contributed by atoms with van der Waals surface area (Å²) in [6.45, 7) is 2.15. The molecule has 1 aliphatic rings. The van der Waals surface area contributed by atoms with E-state index in [2.05, 4.69) is 22.2 Å². The topological polar surface area (TPSA) is 63.8 Å². The summed E-state index contributed by atoms with van der Waals surface area (Å²) in [4.78, 5) is 8.48. The van der Waals surface area contributed by atoms with Crippen LogP contribution in [-0.2, 0) is 6.42 Å². The molecule has 4 nitrogen and oxygen atoms in total. The first-order valence-electron chi connectivity index (χ1n) is 7.17. The number of hydrogen-bond acceptors (Lipinski definition) is 4. The van der Waals surface area contributed by atoms with Gasteiger partial charge in [-0.2, -0.15) is 0 Å². The predicted molar refractivity (Wildman–Crippen MR) is 75.6 cm³/mol. The molecule has 0 radical (unpaired) electrons. The van der Waals surface area contributed by atoms with E-state index in [0.29, 0.717) is 11.9 Å². The largest absolute Gasteiger partial charge is 0.383 e. The van der Waals surface area contributed by atoms with Gasteiger partial charge < -0.3 is 11.1 Å². The molecule has 100 valence electrons. The van der Waals surface area contributed by atoms with Crippen LogP contribution in [0.25, 0.3) is 0 Å². The highest BCUT2D eigenvalue weighted by Gasteiger charge is 2.15. The first-order valence-corrected chi connectivity index (χ1v) is 7.17. The minimum atomic E-state index is 0.553. The summed E-state index contributed by atoms with van der Waals surface area (Å²) in [5, 5.41) is 3.58. The van der Waals surface area contributed by atoms with Gasteiger partial charge in [0.15, 0.2) is 0 Å².